The minimum atomic E-state index is -0.475. The summed E-state index contributed by atoms with van der Waals surface area (Å²) < 4.78 is 4.98. The van der Waals surface area contributed by atoms with Gasteiger partial charge in [0, 0.05) is 12.1 Å². The van der Waals surface area contributed by atoms with Crippen LogP contribution in [0.3, 0.4) is 0 Å². The first-order valence-corrected chi connectivity index (χ1v) is 9.65. The number of aryl methyl sites for hydroxylation is 3. The van der Waals surface area contributed by atoms with E-state index >= 15 is 0 Å². The number of hydrogen-bond donors (Lipinski definition) is 2. The molecule has 1 saturated carbocycles. The average molecular weight is 374 g/mol. The van der Waals surface area contributed by atoms with Crippen LogP contribution in [0.5, 0.6) is 0 Å². The molecule has 0 unspecified atom stereocenters. The third kappa shape index (κ3) is 7.04. The maximum atomic E-state index is 12.1. The second-order valence-corrected chi connectivity index (χ2v) is 7.45. The molecule has 2 N–H and O–H groups in total. The predicted molar refractivity (Wildman–Crippen MR) is 104 cm³/mol. The number of benzene rings is 1. The Hall–Kier alpha value is -2.37. The zero-order valence-corrected chi connectivity index (χ0v) is 16.5. The largest absolute Gasteiger partial charge is 0.456 e. The molecule has 2 amide bonds. The lowest BCUT2D eigenvalue weighted by atomic mass is 10.0. The first-order chi connectivity index (χ1) is 12.8. The lowest BCUT2D eigenvalue weighted by Gasteiger charge is -2.13. The molecule has 0 atom stereocenters. The third-order valence-corrected chi connectivity index (χ3v) is 4.98. The summed E-state index contributed by atoms with van der Waals surface area (Å²) in [6.07, 6.45) is 6.03. The van der Waals surface area contributed by atoms with Crippen molar-refractivity contribution >= 4 is 23.5 Å². The van der Waals surface area contributed by atoms with Crippen LogP contribution in [-0.4, -0.2) is 30.9 Å². The molecule has 148 valence electrons. The number of anilines is 1. The maximum absolute atomic E-state index is 12.1. The van der Waals surface area contributed by atoms with Crippen LogP contribution in [0.15, 0.2) is 12.1 Å². The molecular formula is C21H30N2O4. The van der Waals surface area contributed by atoms with Gasteiger partial charge in [0.2, 0.25) is 5.91 Å². The van der Waals surface area contributed by atoms with Gasteiger partial charge < -0.3 is 15.4 Å². The number of ether oxygens (including phenoxy) is 1. The van der Waals surface area contributed by atoms with Gasteiger partial charge in [-0.05, 0) is 44.2 Å². The quantitative estimate of drug-likeness (QED) is 0.685. The van der Waals surface area contributed by atoms with Crippen molar-refractivity contribution in [2.45, 2.75) is 59.3 Å². The van der Waals surface area contributed by atoms with E-state index in [2.05, 4.69) is 10.6 Å². The van der Waals surface area contributed by atoms with Gasteiger partial charge in [-0.15, -0.1) is 0 Å². The van der Waals surface area contributed by atoms with E-state index in [-0.39, 0.29) is 25.0 Å². The van der Waals surface area contributed by atoms with Crippen molar-refractivity contribution in [3.63, 3.8) is 0 Å². The highest BCUT2D eigenvalue weighted by Gasteiger charge is 2.17. The van der Waals surface area contributed by atoms with Gasteiger partial charge in [0.15, 0.2) is 6.61 Å². The van der Waals surface area contributed by atoms with Crippen LogP contribution >= 0.6 is 0 Å². The van der Waals surface area contributed by atoms with Crippen LogP contribution in [0.2, 0.25) is 0 Å². The summed E-state index contributed by atoms with van der Waals surface area (Å²) in [4.78, 5) is 35.5. The molecule has 0 heterocycles. The molecule has 1 fully saturated rings. The SMILES string of the molecule is Cc1cc(C)c(NC(=O)CNC(=O)COC(=O)CCC2CCCC2)c(C)c1. The monoisotopic (exact) mass is 374 g/mol. The van der Waals surface area contributed by atoms with Crippen LogP contribution in [-0.2, 0) is 19.1 Å². The number of carbonyl (C=O) groups is 3. The molecule has 0 saturated heterocycles. The second-order valence-electron chi connectivity index (χ2n) is 7.45. The molecular weight excluding hydrogens is 344 g/mol. The van der Waals surface area contributed by atoms with Crippen molar-refractivity contribution in [3.05, 3.63) is 28.8 Å². The van der Waals surface area contributed by atoms with Crippen LogP contribution < -0.4 is 10.6 Å². The number of carbonyl (C=O) groups excluding carboxylic acids is 3. The lowest BCUT2D eigenvalue weighted by molar-refractivity contribution is -0.148. The fraction of sp³-hybridized carbons (Fsp3) is 0.571. The van der Waals surface area contributed by atoms with Gasteiger partial charge in [0.1, 0.15) is 0 Å². The average Bonchev–Trinajstić information content (AvgIpc) is 3.13. The summed E-state index contributed by atoms with van der Waals surface area (Å²) in [6.45, 7) is 5.35. The van der Waals surface area contributed by atoms with E-state index < -0.39 is 5.91 Å². The Labute approximate surface area is 161 Å². The van der Waals surface area contributed by atoms with Crippen molar-refractivity contribution < 1.29 is 19.1 Å². The number of hydrogen-bond acceptors (Lipinski definition) is 4. The van der Waals surface area contributed by atoms with E-state index in [1.165, 1.54) is 25.7 Å². The van der Waals surface area contributed by atoms with Gasteiger partial charge >= 0.3 is 5.97 Å². The minimum absolute atomic E-state index is 0.161. The first kappa shape index (κ1) is 20.9. The molecule has 1 aliphatic carbocycles. The Balaban J connectivity index is 1.66. The molecule has 0 spiro atoms. The number of amides is 2. The Kier molecular flexibility index (Phi) is 7.82. The molecule has 6 nitrogen and oxygen atoms in total. The topological polar surface area (TPSA) is 84.5 Å². The summed E-state index contributed by atoms with van der Waals surface area (Å²) in [7, 11) is 0. The van der Waals surface area contributed by atoms with Gasteiger partial charge in [-0.3, -0.25) is 14.4 Å². The van der Waals surface area contributed by atoms with E-state index in [4.69, 9.17) is 4.74 Å². The summed E-state index contributed by atoms with van der Waals surface area (Å²) in [6, 6.07) is 3.98. The van der Waals surface area contributed by atoms with Crippen molar-refractivity contribution in [1.29, 1.82) is 0 Å². The second kappa shape index (κ2) is 10.1. The summed E-state index contributed by atoms with van der Waals surface area (Å²) in [5.41, 5.74) is 3.84. The van der Waals surface area contributed by atoms with Gasteiger partial charge in [-0.2, -0.15) is 0 Å². The Morgan fingerprint density at radius 2 is 1.67 bits per heavy atom. The highest BCUT2D eigenvalue weighted by molar-refractivity contribution is 5.96. The third-order valence-electron chi connectivity index (χ3n) is 4.98. The summed E-state index contributed by atoms with van der Waals surface area (Å²) >= 11 is 0. The maximum Gasteiger partial charge on any atom is 0.306 e. The Morgan fingerprint density at radius 3 is 2.30 bits per heavy atom. The van der Waals surface area contributed by atoms with Gasteiger partial charge in [-0.25, -0.2) is 0 Å². The van der Waals surface area contributed by atoms with E-state index in [0.717, 1.165) is 28.8 Å². The number of esters is 1. The highest BCUT2D eigenvalue weighted by atomic mass is 16.5. The van der Waals surface area contributed by atoms with E-state index in [9.17, 15) is 14.4 Å². The summed E-state index contributed by atoms with van der Waals surface area (Å²) in [5, 5.41) is 5.29. The molecule has 1 aliphatic rings. The summed E-state index contributed by atoms with van der Waals surface area (Å²) in [5.74, 6) is -0.529. The number of rotatable bonds is 8. The molecule has 1 aromatic rings. The molecule has 2 rings (SSSR count). The smallest absolute Gasteiger partial charge is 0.306 e. The van der Waals surface area contributed by atoms with Crippen molar-refractivity contribution in [1.82, 2.24) is 5.32 Å². The molecule has 1 aromatic carbocycles. The van der Waals surface area contributed by atoms with E-state index in [1.54, 1.807) is 0 Å². The van der Waals surface area contributed by atoms with Crippen LogP contribution in [0.25, 0.3) is 0 Å². The first-order valence-electron chi connectivity index (χ1n) is 9.65. The van der Waals surface area contributed by atoms with Crippen molar-refractivity contribution in [2.24, 2.45) is 5.92 Å². The Bertz CT molecular complexity index is 670. The molecule has 0 aliphatic heterocycles. The van der Waals surface area contributed by atoms with E-state index in [0.29, 0.717) is 12.3 Å². The molecule has 0 bridgehead atoms. The van der Waals surface area contributed by atoms with Crippen LogP contribution in [0.4, 0.5) is 5.69 Å². The van der Waals surface area contributed by atoms with Crippen LogP contribution in [0, 0.1) is 26.7 Å². The molecule has 27 heavy (non-hydrogen) atoms. The van der Waals surface area contributed by atoms with Gasteiger partial charge in [-0.1, -0.05) is 43.4 Å². The molecule has 0 radical (unpaired) electrons. The minimum Gasteiger partial charge on any atom is -0.456 e. The zero-order valence-electron chi connectivity index (χ0n) is 16.5. The van der Waals surface area contributed by atoms with E-state index in [1.807, 2.05) is 32.9 Å². The fourth-order valence-corrected chi connectivity index (χ4v) is 3.63. The molecule has 6 heteroatoms. The standard InChI is InChI=1S/C21H30N2O4/c1-14-10-15(2)21(16(3)11-14)23-18(24)12-22-19(25)13-27-20(26)9-8-17-6-4-5-7-17/h10-11,17H,4-9,12-13H2,1-3H3,(H,22,25)(H,23,24). The van der Waals surface area contributed by atoms with Gasteiger partial charge in [0.05, 0.1) is 6.54 Å². The normalized spacial score (nSPS) is 14.0. The highest BCUT2D eigenvalue weighted by Crippen LogP contribution is 2.28. The predicted octanol–water partition coefficient (Wildman–Crippen LogP) is 3.18. The van der Waals surface area contributed by atoms with Crippen molar-refractivity contribution in [2.75, 3.05) is 18.5 Å². The fourth-order valence-electron chi connectivity index (χ4n) is 3.63. The lowest BCUT2D eigenvalue weighted by Crippen LogP contribution is -2.35. The van der Waals surface area contributed by atoms with Crippen LogP contribution in [0.1, 0.15) is 55.2 Å². The van der Waals surface area contributed by atoms with Gasteiger partial charge in [0.25, 0.3) is 5.91 Å². The number of nitrogens with one attached hydrogen (secondary N) is 2. The molecule has 0 aromatic heterocycles. The zero-order chi connectivity index (χ0) is 19.8. The Morgan fingerprint density at radius 1 is 1.04 bits per heavy atom. The van der Waals surface area contributed by atoms with Crippen molar-refractivity contribution in [3.8, 4) is 0 Å².